The summed E-state index contributed by atoms with van der Waals surface area (Å²) in [6, 6.07) is 6.08. The molecule has 0 aliphatic rings. The third-order valence-corrected chi connectivity index (χ3v) is 4.14. The molecule has 3 aromatic heterocycles. The summed E-state index contributed by atoms with van der Waals surface area (Å²) in [6.45, 7) is 6.35. The average molecular weight is 481 g/mol. The number of aryl methyl sites for hydroxylation is 2. The second kappa shape index (κ2) is 14.9. The van der Waals surface area contributed by atoms with Crippen LogP contribution >= 0.6 is 0 Å². The van der Waals surface area contributed by atoms with Crippen LogP contribution in [-0.2, 0) is 31.6 Å². The van der Waals surface area contributed by atoms with Crippen LogP contribution in [0.5, 0.6) is 0 Å². The number of halogens is 3. The molecule has 0 amide bonds. The van der Waals surface area contributed by atoms with Gasteiger partial charge < -0.3 is 46.4 Å². The van der Waals surface area contributed by atoms with Gasteiger partial charge in [-0.25, -0.2) is 15.0 Å². The maximum atomic E-state index is 4.83. The molecule has 0 fully saturated rings. The number of aromatic nitrogens is 5. The maximum absolute atomic E-state index is 4.83. The first kappa shape index (κ1) is 29.2. The zero-order valence-electron chi connectivity index (χ0n) is 16.1. The van der Waals surface area contributed by atoms with Gasteiger partial charge in [0, 0.05) is 37.9 Å². The third kappa shape index (κ3) is 7.12. The molecule has 3 aromatic rings. The Labute approximate surface area is 197 Å². The molecule has 0 N–H and O–H groups in total. The smallest absolute Gasteiger partial charge is 1.00 e. The molecule has 28 heavy (non-hydrogen) atoms. The SMILES string of the molecule is CCCCn1ccnc1-c1cccc(-c2nccn2CCCC)n1.[Cl-].[Cl-].[Cl-].[V+3]. The van der Waals surface area contributed by atoms with E-state index in [-0.39, 0.29) is 55.8 Å². The van der Waals surface area contributed by atoms with E-state index < -0.39 is 0 Å². The summed E-state index contributed by atoms with van der Waals surface area (Å²) in [4.78, 5) is 13.8. The van der Waals surface area contributed by atoms with E-state index in [1.54, 1.807) is 0 Å². The van der Waals surface area contributed by atoms with E-state index in [0.29, 0.717) is 0 Å². The van der Waals surface area contributed by atoms with E-state index in [1.165, 1.54) is 12.8 Å². The van der Waals surface area contributed by atoms with E-state index in [9.17, 15) is 0 Å². The van der Waals surface area contributed by atoms with Gasteiger partial charge in [-0.3, -0.25) is 0 Å². The van der Waals surface area contributed by atoms with E-state index >= 15 is 0 Å². The summed E-state index contributed by atoms with van der Waals surface area (Å²) in [7, 11) is 0. The quantitative estimate of drug-likeness (QED) is 0.326. The molecule has 0 saturated carbocycles. The molecule has 3 rings (SSSR count). The first-order valence-electron chi connectivity index (χ1n) is 8.83. The first-order chi connectivity index (χ1) is 11.8. The molecule has 9 heteroatoms. The fourth-order valence-corrected chi connectivity index (χ4v) is 2.79. The van der Waals surface area contributed by atoms with Crippen molar-refractivity contribution in [3.63, 3.8) is 0 Å². The number of pyridine rings is 1. The van der Waals surface area contributed by atoms with Gasteiger partial charge in [0.1, 0.15) is 11.4 Å². The molecular weight excluding hydrogens is 456 g/mol. The van der Waals surface area contributed by atoms with E-state index in [2.05, 4.69) is 32.9 Å². The second-order valence-electron chi connectivity index (χ2n) is 6.00. The molecule has 0 radical (unpaired) electrons. The van der Waals surface area contributed by atoms with Gasteiger partial charge in [0.05, 0.1) is 0 Å². The van der Waals surface area contributed by atoms with Crippen molar-refractivity contribution in [2.75, 3.05) is 0 Å². The van der Waals surface area contributed by atoms with Crippen molar-refractivity contribution < 1.29 is 55.8 Å². The predicted octanol–water partition coefficient (Wildman–Crippen LogP) is -4.58. The summed E-state index contributed by atoms with van der Waals surface area (Å²) >= 11 is 0. The molecule has 152 valence electrons. The normalized spacial score (nSPS) is 9.50. The Morgan fingerprint density at radius 3 is 1.57 bits per heavy atom. The minimum absolute atomic E-state index is 0. The van der Waals surface area contributed by atoms with Crippen molar-refractivity contribution in [3.05, 3.63) is 43.0 Å². The van der Waals surface area contributed by atoms with Crippen LogP contribution in [0.15, 0.2) is 43.0 Å². The average Bonchev–Trinajstić information content (AvgIpc) is 3.27. The number of nitrogens with zero attached hydrogens (tertiary/aromatic N) is 5. The van der Waals surface area contributed by atoms with Crippen LogP contribution in [0.2, 0.25) is 0 Å². The van der Waals surface area contributed by atoms with Crippen LogP contribution in [-0.4, -0.2) is 24.1 Å². The van der Waals surface area contributed by atoms with Gasteiger partial charge in [0.2, 0.25) is 0 Å². The van der Waals surface area contributed by atoms with Crippen LogP contribution in [0.25, 0.3) is 23.0 Å². The number of hydrogen-bond acceptors (Lipinski definition) is 3. The summed E-state index contributed by atoms with van der Waals surface area (Å²) < 4.78 is 4.36. The van der Waals surface area contributed by atoms with E-state index in [1.807, 2.05) is 43.0 Å². The summed E-state index contributed by atoms with van der Waals surface area (Å²) in [5.74, 6) is 1.86. The molecule has 0 aliphatic heterocycles. The molecule has 0 unspecified atom stereocenters. The van der Waals surface area contributed by atoms with Gasteiger partial charge in [0.15, 0.2) is 11.6 Å². The minimum atomic E-state index is 0. The number of unbranched alkanes of at least 4 members (excludes halogenated alkanes) is 2. The Morgan fingerprint density at radius 1 is 0.750 bits per heavy atom. The van der Waals surface area contributed by atoms with Crippen LogP contribution in [0.3, 0.4) is 0 Å². The molecule has 0 aromatic carbocycles. The van der Waals surface area contributed by atoms with Gasteiger partial charge in [-0.1, -0.05) is 32.8 Å². The molecule has 3 heterocycles. The molecule has 5 nitrogen and oxygen atoms in total. The van der Waals surface area contributed by atoms with Crippen LogP contribution in [0.4, 0.5) is 0 Å². The predicted molar refractivity (Wildman–Crippen MR) is 96.5 cm³/mol. The zero-order valence-corrected chi connectivity index (χ0v) is 19.8. The number of rotatable bonds is 8. The van der Waals surface area contributed by atoms with Crippen LogP contribution in [0, 0.1) is 0 Å². The molecule has 0 spiro atoms. The number of imidazole rings is 2. The largest absolute Gasteiger partial charge is 3.00 e. The molecule has 0 bridgehead atoms. The Morgan fingerprint density at radius 2 is 1.18 bits per heavy atom. The van der Waals surface area contributed by atoms with Crippen LogP contribution < -0.4 is 37.2 Å². The van der Waals surface area contributed by atoms with Crippen molar-refractivity contribution >= 4 is 0 Å². The summed E-state index contributed by atoms with van der Waals surface area (Å²) in [5.41, 5.74) is 1.80. The van der Waals surface area contributed by atoms with E-state index in [0.717, 1.165) is 49.0 Å². The standard InChI is InChI=1S/C19H25N5.3ClH.V/c1-3-5-12-23-14-10-20-18(23)16-8-7-9-17(22-16)19-21-11-15-24(19)13-6-4-2;;;;/h7-11,14-15H,3-6,12-13H2,1-2H3;3*1H;/q;;;;+3/p-3. The Bertz CT molecular complexity index is 730. The Kier molecular flexibility index (Phi) is 15.6. The third-order valence-electron chi connectivity index (χ3n) is 4.14. The molecule has 0 saturated heterocycles. The van der Waals surface area contributed by atoms with Crippen molar-refractivity contribution in [2.24, 2.45) is 0 Å². The summed E-state index contributed by atoms with van der Waals surface area (Å²) in [6.07, 6.45) is 12.4. The fourth-order valence-electron chi connectivity index (χ4n) is 2.79. The first-order valence-corrected chi connectivity index (χ1v) is 8.83. The number of hydrogen-bond donors (Lipinski definition) is 0. The van der Waals surface area contributed by atoms with Gasteiger partial charge in [-0.2, -0.15) is 0 Å². The maximum Gasteiger partial charge on any atom is 3.00 e. The van der Waals surface area contributed by atoms with Crippen LogP contribution in [0.1, 0.15) is 39.5 Å². The van der Waals surface area contributed by atoms with Crippen molar-refractivity contribution in [1.29, 1.82) is 0 Å². The van der Waals surface area contributed by atoms with Crippen molar-refractivity contribution in [3.8, 4) is 23.0 Å². The summed E-state index contributed by atoms with van der Waals surface area (Å²) in [5, 5.41) is 0. The minimum Gasteiger partial charge on any atom is -1.00 e. The zero-order chi connectivity index (χ0) is 16.8. The van der Waals surface area contributed by atoms with Gasteiger partial charge in [-0.15, -0.1) is 0 Å². The van der Waals surface area contributed by atoms with Gasteiger partial charge in [-0.05, 0) is 25.0 Å². The van der Waals surface area contributed by atoms with Gasteiger partial charge in [0.25, 0.3) is 0 Å². The van der Waals surface area contributed by atoms with Crippen molar-refractivity contribution in [2.45, 2.75) is 52.6 Å². The molecular formula is C19H25Cl3N5V. The van der Waals surface area contributed by atoms with Gasteiger partial charge >= 0.3 is 18.6 Å². The fraction of sp³-hybridized carbons (Fsp3) is 0.421. The Balaban J connectivity index is 0. The van der Waals surface area contributed by atoms with Crippen molar-refractivity contribution in [1.82, 2.24) is 24.1 Å². The molecule has 0 atom stereocenters. The second-order valence-corrected chi connectivity index (χ2v) is 6.00. The molecule has 0 aliphatic carbocycles. The Hall–Kier alpha value is -0.976. The van der Waals surface area contributed by atoms with E-state index in [4.69, 9.17) is 4.98 Å². The monoisotopic (exact) mass is 479 g/mol. The topological polar surface area (TPSA) is 48.5 Å².